The number of allylic oxidation sites excluding steroid dienone is 1. The van der Waals surface area contributed by atoms with E-state index in [0.717, 1.165) is 0 Å². The zero-order valence-electron chi connectivity index (χ0n) is 10.1. The molecule has 16 heavy (non-hydrogen) atoms. The minimum Gasteiger partial charge on any atom is -0.390 e. The Hall–Kier alpha value is -0.420. The Kier molecular flexibility index (Phi) is 3.35. The first-order valence-corrected chi connectivity index (χ1v) is 5.78. The topological polar surface area (TPSA) is 47.9 Å². The van der Waals surface area contributed by atoms with E-state index in [9.17, 15) is 5.11 Å². The molecule has 0 saturated carbocycles. The van der Waals surface area contributed by atoms with Gasteiger partial charge in [-0.3, -0.25) is 0 Å². The first-order chi connectivity index (χ1) is 7.53. The third kappa shape index (κ3) is 2.30. The fourth-order valence-electron chi connectivity index (χ4n) is 2.34. The van der Waals surface area contributed by atoms with Crippen molar-refractivity contribution in [3.63, 3.8) is 0 Å². The van der Waals surface area contributed by atoms with E-state index in [1.54, 1.807) is 0 Å². The van der Waals surface area contributed by atoms with E-state index in [0.29, 0.717) is 13.2 Å². The van der Waals surface area contributed by atoms with Gasteiger partial charge in [0.1, 0.15) is 6.10 Å². The lowest BCUT2D eigenvalue weighted by Crippen LogP contribution is -2.36. The molecule has 0 spiro atoms. The van der Waals surface area contributed by atoms with Crippen molar-refractivity contribution in [3.8, 4) is 0 Å². The summed E-state index contributed by atoms with van der Waals surface area (Å²) in [5.41, 5.74) is 0. The largest absolute Gasteiger partial charge is 0.390 e. The number of hydrogen-bond donors (Lipinski definition) is 1. The summed E-state index contributed by atoms with van der Waals surface area (Å²) in [5, 5.41) is 9.81. The number of ether oxygens (including phenoxy) is 3. The zero-order chi connectivity index (χ0) is 11.8. The van der Waals surface area contributed by atoms with Crippen LogP contribution in [0.2, 0.25) is 0 Å². The summed E-state index contributed by atoms with van der Waals surface area (Å²) in [6, 6.07) is 0. The Morgan fingerprint density at radius 1 is 1.31 bits per heavy atom. The normalized spacial score (nSPS) is 43.2. The van der Waals surface area contributed by atoms with E-state index in [2.05, 4.69) is 0 Å². The molecular weight excluding hydrogens is 208 g/mol. The third-order valence-electron chi connectivity index (χ3n) is 3.09. The van der Waals surface area contributed by atoms with Gasteiger partial charge in [0.2, 0.25) is 0 Å². The molecule has 2 rings (SSSR count). The Morgan fingerprint density at radius 3 is 2.62 bits per heavy atom. The molecule has 0 amide bonds. The van der Waals surface area contributed by atoms with Crippen LogP contribution in [-0.4, -0.2) is 42.4 Å². The predicted molar refractivity (Wildman–Crippen MR) is 59.0 cm³/mol. The molecule has 0 aromatic heterocycles. The quantitative estimate of drug-likeness (QED) is 0.719. The van der Waals surface area contributed by atoms with Gasteiger partial charge in [0.05, 0.1) is 25.4 Å². The maximum atomic E-state index is 9.81. The molecule has 4 nitrogen and oxygen atoms in total. The number of rotatable bonds is 2. The van der Waals surface area contributed by atoms with Crippen LogP contribution in [0.15, 0.2) is 12.2 Å². The lowest BCUT2D eigenvalue weighted by molar-refractivity contribution is -0.153. The summed E-state index contributed by atoms with van der Waals surface area (Å²) in [6.45, 7) is 6.63. The van der Waals surface area contributed by atoms with Crippen molar-refractivity contribution >= 4 is 0 Å². The molecule has 4 atom stereocenters. The van der Waals surface area contributed by atoms with Gasteiger partial charge >= 0.3 is 0 Å². The summed E-state index contributed by atoms with van der Waals surface area (Å²) in [7, 11) is 0. The highest BCUT2D eigenvalue weighted by atomic mass is 16.7. The van der Waals surface area contributed by atoms with Crippen molar-refractivity contribution in [2.45, 2.75) is 44.9 Å². The highest BCUT2D eigenvalue weighted by Crippen LogP contribution is 2.33. The first-order valence-electron chi connectivity index (χ1n) is 5.78. The van der Waals surface area contributed by atoms with E-state index in [1.165, 1.54) is 0 Å². The molecule has 2 aliphatic heterocycles. The van der Waals surface area contributed by atoms with Gasteiger partial charge < -0.3 is 19.3 Å². The fraction of sp³-hybridized carbons (Fsp3) is 0.833. The van der Waals surface area contributed by atoms with Crippen LogP contribution in [-0.2, 0) is 14.2 Å². The predicted octanol–water partition coefficient (Wildman–Crippen LogP) is 1.09. The minimum absolute atomic E-state index is 0.00694. The summed E-state index contributed by atoms with van der Waals surface area (Å²) in [5.74, 6) is -0.533. The highest BCUT2D eigenvalue weighted by molar-refractivity contribution is 5.01. The second-order valence-corrected chi connectivity index (χ2v) is 4.84. The first kappa shape index (κ1) is 12.0. The standard InChI is InChI=1S/C12H20O4/c1-4-5-8-9(13)6-14-11(8)10-7-15-12(2,3)16-10/h4-5,8-11,13H,6-7H2,1-3H3/b5-4+/t8-,9+,10-,11-/m0/s1. The van der Waals surface area contributed by atoms with E-state index < -0.39 is 11.9 Å². The monoisotopic (exact) mass is 228 g/mol. The van der Waals surface area contributed by atoms with Crippen LogP contribution in [0.5, 0.6) is 0 Å². The van der Waals surface area contributed by atoms with Gasteiger partial charge in [-0.2, -0.15) is 0 Å². The second kappa shape index (κ2) is 4.45. The van der Waals surface area contributed by atoms with Gasteiger partial charge in [0, 0.05) is 5.92 Å². The third-order valence-corrected chi connectivity index (χ3v) is 3.09. The van der Waals surface area contributed by atoms with Crippen LogP contribution < -0.4 is 0 Å². The van der Waals surface area contributed by atoms with Gasteiger partial charge in [-0.05, 0) is 20.8 Å². The molecule has 4 heteroatoms. The maximum Gasteiger partial charge on any atom is 0.163 e. The molecule has 2 aliphatic rings. The lowest BCUT2D eigenvalue weighted by atomic mass is 9.95. The molecule has 2 fully saturated rings. The average molecular weight is 228 g/mol. The molecule has 0 unspecified atom stereocenters. The van der Waals surface area contributed by atoms with Crippen molar-refractivity contribution in [3.05, 3.63) is 12.2 Å². The number of aliphatic hydroxyl groups excluding tert-OH is 1. The van der Waals surface area contributed by atoms with Crippen LogP contribution in [0.1, 0.15) is 20.8 Å². The van der Waals surface area contributed by atoms with Gasteiger partial charge in [0.15, 0.2) is 5.79 Å². The fourth-order valence-corrected chi connectivity index (χ4v) is 2.34. The zero-order valence-corrected chi connectivity index (χ0v) is 10.1. The van der Waals surface area contributed by atoms with Crippen molar-refractivity contribution in [1.82, 2.24) is 0 Å². The molecule has 0 bridgehead atoms. The molecule has 92 valence electrons. The van der Waals surface area contributed by atoms with Gasteiger partial charge in [0.25, 0.3) is 0 Å². The number of aliphatic hydroxyl groups is 1. The van der Waals surface area contributed by atoms with Crippen LogP contribution in [0.3, 0.4) is 0 Å². The summed E-state index contributed by atoms with van der Waals surface area (Å²) >= 11 is 0. The Balaban J connectivity index is 2.04. The second-order valence-electron chi connectivity index (χ2n) is 4.84. The smallest absolute Gasteiger partial charge is 0.163 e. The van der Waals surface area contributed by atoms with E-state index in [-0.39, 0.29) is 18.1 Å². The Bertz CT molecular complexity index is 274. The molecule has 2 saturated heterocycles. The molecule has 0 radical (unpaired) electrons. The van der Waals surface area contributed by atoms with Crippen molar-refractivity contribution in [2.75, 3.05) is 13.2 Å². The van der Waals surface area contributed by atoms with E-state index >= 15 is 0 Å². The number of hydrogen-bond acceptors (Lipinski definition) is 4. The summed E-state index contributed by atoms with van der Waals surface area (Å²) in [6.07, 6.45) is 3.29. The van der Waals surface area contributed by atoms with Gasteiger partial charge in [-0.25, -0.2) is 0 Å². The van der Waals surface area contributed by atoms with Crippen molar-refractivity contribution in [2.24, 2.45) is 5.92 Å². The average Bonchev–Trinajstić information content (AvgIpc) is 2.72. The minimum atomic E-state index is -0.540. The maximum absolute atomic E-state index is 9.81. The van der Waals surface area contributed by atoms with Crippen LogP contribution in [0, 0.1) is 5.92 Å². The highest BCUT2D eigenvalue weighted by Gasteiger charge is 2.45. The van der Waals surface area contributed by atoms with Crippen LogP contribution >= 0.6 is 0 Å². The lowest BCUT2D eigenvalue weighted by Gasteiger charge is -2.23. The van der Waals surface area contributed by atoms with E-state index in [4.69, 9.17) is 14.2 Å². The van der Waals surface area contributed by atoms with E-state index in [1.807, 2.05) is 32.9 Å². The summed E-state index contributed by atoms with van der Waals surface area (Å²) < 4.78 is 16.9. The molecular formula is C12H20O4. The molecule has 1 N–H and O–H groups in total. The van der Waals surface area contributed by atoms with Crippen molar-refractivity contribution in [1.29, 1.82) is 0 Å². The molecule has 0 aliphatic carbocycles. The Morgan fingerprint density at radius 2 is 2.06 bits per heavy atom. The summed E-state index contributed by atoms with van der Waals surface area (Å²) in [4.78, 5) is 0. The molecule has 2 heterocycles. The van der Waals surface area contributed by atoms with Gasteiger partial charge in [-0.1, -0.05) is 12.2 Å². The SMILES string of the molecule is C/C=C/[C@@H]1[C@@H]([C@@H]2COC(C)(C)O2)OC[C@H]1O. The van der Waals surface area contributed by atoms with Crippen molar-refractivity contribution < 1.29 is 19.3 Å². The molecule has 0 aromatic rings. The van der Waals surface area contributed by atoms with Crippen LogP contribution in [0.4, 0.5) is 0 Å². The Labute approximate surface area is 96.2 Å². The van der Waals surface area contributed by atoms with Crippen LogP contribution in [0.25, 0.3) is 0 Å². The molecule has 0 aromatic carbocycles. The van der Waals surface area contributed by atoms with Gasteiger partial charge in [-0.15, -0.1) is 0 Å².